The van der Waals surface area contributed by atoms with Crippen molar-refractivity contribution < 1.29 is 9.59 Å². The van der Waals surface area contributed by atoms with E-state index in [0.717, 1.165) is 26.7 Å². The van der Waals surface area contributed by atoms with Gasteiger partial charge in [0, 0.05) is 8.95 Å². The number of rotatable bonds is 2. The Labute approximate surface area is 165 Å². The molecule has 0 aliphatic carbocycles. The number of halogens is 2. The van der Waals surface area contributed by atoms with E-state index in [4.69, 9.17) is 12.2 Å². The second kappa shape index (κ2) is 7.31. The van der Waals surface area contributed by atoms with Crippen molar-refractivity contribution in [3.8, 4) is 0 Å². The molecule has 1 heterocycles. The molecule has 0 atom stereocenters. The number of benzene rings is 2. The first-order valence-corrected chi connectivity index (χ1v) is 9.61. The molecule has 1 aliphatic rings. The van der Waals surface area contributed by atoms with Gasteiger partial charge in [-0.1, -0.05) is 64.2 Å². The highest BCUT2D eigenvalue weighted by molar-refractivity contribution is 9.10. The van der Waals surface area contributed by atoms with Crippen molar-refractivity contribution in [3.63, 3.8) is 0 Å². The number of amides is 2. The van der Waals surface area contributed by atoms with Gasteiger partial charge >= 0.3 is 0 Å². The van der Waals surface area contributed by atoms with Crippen LogP contribution in [0, 0.1) is 0 Å². The fraction of sp³-hybridized carbons (Fsp3) is 0. The van der Waals surface area contributed by atoms with E-state index in [1.165, 1.54) is 0 Å². The summed E-state index contributed by atoms with van der Waals surface area (Å²) < 4.78 is 1.82. The van der Waals surface area contributed by atoms with Crippen LogP contribution in [-0.4, -0.2) is 21.0 Å². The Bertz CT molecular complexity index is 878. The minimum atomic E-state index is -0.427. The smallest absolute Gasteiger partial charge is 0.268 e. The topological polar surface area (TPSA) is 37.4 Å². The van der Waals surface area contributed by atoms with Crippen LogP contribution >= 0.6 is 55.8 Å². The number of imide groups is 1. The van der Waals surface area contributed by atoms with E-state index < -0.39 is 11.8 Å². The highest BCUT2D eigenvalue weighted by Crippen LogP contribution is 2.34. The second-order valence-electron chi connectivity index (χ2n) is 4.85. The number of nitrogens with zero attached hydrogens (tertiary/aromatic N) is 1. The Hall–Kier alpha value is -1.28. The van der Waals surface area contributed by atoms with Gasteiger partial charge in [-0.3, -0.25) is 9.59 Å². The van der Waals surface area contributed by atoms with Crippen LogP contribution in [0.25, 0.3) is 6.08 Å². The molecule has 120 valence electrons. The van der Waals surface area contributed by atoms with Gasteiger partial charge < -0.3 is 0 Å². The van der Waals surface area contributed by atoms with Crippen LogP contribution in [0.1, 0.15) is 15.9 Å². The van der Waals surface area contributed by atoms with Crippen molar-refractivity contribution >= 4 is 78.1 Å². The van der Waals surface area contributed by atoms with Crippen LogP contribution in [0.5, 0.6) is 0 Å². The normalized spacial score (nSPS) is 16.1. The molecule has 0 bridgehead atoms. The van der Waals surface area contributed by atoms with Gasteiger partial charge in [0.2, 0.25) is 0 Å². The van der Waals surface area contributed by atoms with Gasteiger partial charge in [0.25, 0.3) is 11.8 Å². The van der Waals surface area contributed by atoms with E-state index in [2.05, 4.69) is 31.9 Å². The lowest BCUT2D eigenvalue weighted by Crippen LogP contribution is -2.34. The molecule has 0 aromatic heterocycles. The molecule has 3 rings (SSSR count). The van der Waals surface area contributed by atoms with Gasteiger partial charge in [0.15, 0.2) is 4.32 Å². The third-order valence-electron chi connectivity index (χ3n) is 3.27. The molecule has 2 aromatic carbocycles. The third kappa shape index (κ3) is 3.54. The molecule has 0 unspecified atom stereocenters. The summed E-state index contributed by atoms with van der Waals surface area (Å²) >= 11 is 13.1. The summed E-state index contributed by atoms with van der Waals surface area (Å²) in [4.78, 5) is 26.8. The molecule has 7 heteroatoms. The second-order valence-corrected chi connectivity index (χ2v) is 8.30. The summed E-state index contributed by atoms with van der Waals surface area (Å²) in [5, 5.41) is 0. The fourth-order valence-corrected chi connectivity index (χ4v) is 4.08. The number of hydrogen-bond acceptors (Lipinski definition) is 4. The van der Waals surface area contributed by atoms with Gasteiger partial charge in [-0.15, -0.1) is 0 Å². The monoisotopic (exact) mass is 481 g/mol. The maximum Gasteiger partial charge on any atom is 0.273 e. The van der Waals surface area contributed by atoms with Gasteiger partial charge in [0.05, 0.1) is 10.5 Å². The van der Waals surface area contributed by atoms with E-state index in [1.807, 2.05) is 24.3 Å². The quantitative estimate of drug-likeness (QED) is 0.332. The van der Waals surface area contributed by atoms with Crippen molar-refractivity contribution in [2.75, 3.05) is 0 Å². The maximum atomic E-state index is 12.7. The van der Waals surface area contributed by atoms with Crippen LogP contribution in [0.4, 0.5) is 0 Å². The number of thiocarbonyl (C=S) groups is 1. The fourth-order valence-electron chi connectivity index (χ4n) is 2.11. The predicted octanol–water partition coefficient (Wildman–Crippen LogP) is 5.25. The lowest BCUT2D eigenvalue weighted by Gasteiger charge is -2.13. The van der Waals surface area contributed by atoms with E-state index in [0.29, 0.717) is 14.9 Å². The predicted molar refractivity (Wildman–Crippen MR) is 108 cm³/mol. The highest BCUT2D eigenvalue weighted by atomic mass is 79.9. The van der Waals surface area contributed by atoms with Crippen LogP contribution in [0.2, 0.25) is 0 Å². The summed E-state index contributed by atoms with van der Waals surface area (Å²) in [5.74, 6) is -0.821. The molecule has 0 spiro atoms. The maximum absolute atomic E-state index is 12.7. The molecule has 24 heavy (non-hydrogen) atoms. The average Bonchev–Trinajstić information content (AvgIpc) is 2.83. The van der Waals surface area contributed by atoms with Crippen LogP contribution in [0.3, 0.4) is 0 Å². The van der Waals surface area contributed by atoms with E-state index in [-0.39, 0.29) is 4.32 Å². The van der Waals surface area contributed by atoms with Crippen LogP contribution in [-0.2, 0) is 4.79 Å². The lowest BCUT2D eigenvalue weighted by atomic mass is 10.2. The zero-order valence-electron chi connectivity index (χ0n) is 12.0. The van der Waals surface area contributed by atoms with Crippen LogP contribution in [0.15, 0.2) is 62.4 Å². The van der Waals surface area contributed by atoms with Crippen molar-refractivity contribution in [2.45, 2.75) is 0 Å². The molecule has 2 aromatic rings. The summed E-state index contributed by atoms with van der Waals surface area (Å²) in [6, 6.07) is 14.5. The van der Waals surface area contributed by atoms with Crippen molar-refractivity contribution in [1.29, 1.82) is 0 Å². The van der Waals surface area contributed by atoms with E-state index in [1.54, 1.807) is 30.3 Å². The first-order chi connectivity index (χ1) is 11.5. The number of hydrogen-bond donors (Lipinski definition) is 0. The SMILES string of the molecule is O=C1C(=Cc2ccc(Br)cc2)SC(=S)N1C(=O)c1ccccc1Br. The molecule has 0 N–H and O–H groups in total. The third-order valence-corrected chi connectivity index (χ3v) is 5.79. The largest absolute Gasteiger partial charge is 0.273 e. The van der Waals surface area contributed by atoms with Crippen molar-refractivity contribution in [3.05, 3.63) is 73.5 Å². The average molecular weight is 483 g/mol. The Morgan fingerprint density at radius 2 is 1.75 bits per heavy atom. The molecule has 1 fully saturated rings. The molecule has 0 radical (unpaired) electrons. The minimum Gasteiger partial charge on any atom is -0.268 e. The Morgan fingerprint density at radius 3 is 2.42 bits per heavy atom. The van der Waals surface area contributed by atoms with E-state index in [9.17, 15) is 9.59 Å². The standard InChI is InChI=1S/C17H9Br2NO2S2/c18-11-7-5-10(6-8-11)9-14-16(22)20(17(23)24-14)15(21)12-3-1-2-4-13(12)19/h1-9H. The molecular formula is C17H9Br2NO2S2. The van der Waals surface area contributed by atoms with Gasteiger partial charge in [0.1, 0.15) is 0 Å². The minimum absolute atomic E-state index is 0.240. The first kappa shape index (κ1) is 17.5. The Kier molecular flexibility index (Phi) is 5.34. The van der Waals surface area contributed by atoms with Gasteiger partial charge in [-0.05, 0) is 51.8 Å². The van der Waals surface area contributed by atoms with E-state index >= 15 is 0 Å². The zero-order chi connectivity index (χ0) is 17.3. The first-order valence-electron chi connectivity index (χ1n) is 6.80. The summed E-state index contributed by atoms with van der Waals surface area (Å²) in [7, 11) is 0. The molecule has 2 amide bonds. The number of thioether (sulfide) groups is 1. The van der Waals surface area contributed by atoms with Gasteiger partial charge in [-0.2, -0.15) is 0 Å². The van der Waals surface area contributed by atoms with Crippen LogP contribution < -0.4 is 0 Å². The number of carbonyl (C=O) groups is 2. The summed E-state index contributed by atoms with van der Waals surface area (Å²) in [6.45, 7) is 0. The zero-order valence-corrected chi connectivity index (χ0v) is 16.8. The van der Waals surface area contributed by atoms with Crippen molar-refractivity contribution in [1.82, 2.24) is 4.90 Å². The Morgan fingerprint density at radius 1 is 1.08 bits per heavy atom. The lowest BCUT2D eigenvalue weighted by molar-refractivity contribution is -0.120. The number of carbonyl (C=O) groups excluding carboxylic acids is 2. The van der Waals surface area contributed by atoms with Crippen molar-refractivity contribution in [2.24, 2.45) is 0 Å². The molecule has 0 saturated carbocycles. The molecule has 1 saturated heterocycles. The molecular weight excluding hydrogens is 474 g/mol. The molecule has 1 aliphatic heterocycles. The highest BCUT2D eigenvalue weighted by Gasteiger charge is 2.37. The summed E-state index contributed by atoms with van der Waals surface area (Å²) in [5.41, 5.74) is 1.27. The summed E-state index contributed by atoms with van der Waals surface area (Å²) in [6.07, 6.45) is 1.74. The Balaban J connectivity index is 1.91. The van der Waals surface area contributed by atoms with Gasteiger partial charge in [-0.25, -0.2) is 4.90 Å². The molecule has 3 nitrogen and oxygen atoms in total.